The number of hydrogen-bond acceptors (Lipinski definition) is 6. The van der Waals surface area contributed by atoms with Gasteiger partial charge in [0, 0.05) is 13.1 Å². The summed E-state index contributed by atoms with van der Waals surface area (Å²) in [6.45, 7) is 0.861. The van der Waals surface area contributed by atoms with Crippen LogP contribution in [0.5, 0.6) is 0 Å². The molecule has 0 radical (unpaired) electrons. The average molecular weight is 271 g/mol. The Balaban J connectivity index is 1.80. The summed E-state index contributed by atoms with van der Waals surface area (Å²) in [5.41, 5.74) is 0. The molecule has 18 heavy (non-hydrogen) atoms. The van der Waals surface area contributed by atoms with E-state index in [1.54, 1.807) is 4.90 Å². The maximum absolute atomic E-state index is 12.0. The van der Waals surface area contributed by atoms with Crippen molar-refractivity contribution in [2.45, 2.75) is 18.9 Å². The maximum atomic E-state index is 12.0. The highest BCUT2D eigenvalue weighted by Crippen LogP contribution is 2.17. The lowest BCUT2D eigenvalue weighted by atomic mass is 10.1. The number of hydrogen-bond donors (Lipinski definition) is 1. The third-order valence-electron chi connectivity index (χ3n) is 2.74. The van der Waals surface area contributed by atoms with Crippen molar-refractivity contribution in [1.82, 2.24) is 14.5 Å². The van der Waals surface area contributed by atoms with Crippen LogP contribution in [0.4, 0.5) is 0 Å². The van der Waals surface area contributed by atoms with Gasteiger partial charge < -0.3 is 14.7 Å². The van der Waals surface area contributed by atoms with Crippen LogP contribution in [0.1, 0.15) is 22.5 Å². The summed E-state index contributed by atoms with van der Waals surface area (Å²) in [7, 11) is 0. The van der Waals surface area contributed by atoms with E-state index in [2.05, 4.69) is 9.59 Å². The van der Waals surface area contributed by atoms with E-state index in [1.165, 1.54) is 6.20 Å². The Morgan fingerprint density at radius 1 is 1.50 bits per heavy atom. The van der Waals surface area contributed by atoms with Crippen molar-refractivity contribution in [3.05, 3.63) is 11.1 Å². The molecule has 1 aliphatic heterocycles. The number of amides is 1. The largest absolute Gasteiger partial charge is 0.480 e. The van der Waals surface area contributed by atoms with Crippen molar-refractivity contribution >= 4 is 23.4 Å². The second-order valence-electron chi connectivity index (χ2n) is 3.98. The van der Waals surface area contributed by atoms with Crippen LogP contribution in [0.15, 0.2) is 6.20 Å². The number of carboxylic acid groups (broad SMARTS) is 1. The molecule has 1 N–H and O–H groups in total. The van der Waals surface area contributed by atoms with E-state index in [0.717, 1.165) is 11.5 Å². The molecule has 0 saturated carbocycles. The van der Waals surface area contributed by atoms with Crippen LogP contribution in [0.3, 0.4) is 0 Å². The number of piperidine rings is 1. The Morgan fingerprint density at radius 2 is 2.22 bits per heavy atom. The smallest absolute Gasteiger partial charge is 0.329 e. The number of carboxylic acids is 1. The van der Waals surface area contributed by atoms with Gasteiger partial charge in [0.05, 0.1) is 12.3 Å². The third kappa shape index (κ3) is 3.23. The first-order valence-electron chi connectivity index (χ1n) is 5.57. The van der Waals surface area contributed by atoms with Gasteiger partial charge in [-0.3, -0.25) is 4.79 Å². The Bertz CT molecular complexity index is 415. The fourth-order valence-corrected chi connectivity index (χ4v) is 2.32. The van der Waals surface area contributed by atoms with Gasteiger partial charge in [-0.1, -0.05) is 4.49 Å². The van der Waals surface area contributed by atoms with Crippen molar-refractivity contribution < 1.29 is 19.4 Å². The molecule has 1 aliphatic rings. The molecule has 2 rings (SSSR count). The second-order valence-corrected chi connectivity index (χ2v) is 4.76. The molecular weight excluding hydrogens is 258 g/mol. The van der Waals surface area contributed by atoms with Crippen LogP contribution < -0.4 is 0 Å². The summed E-state index contributed by atoms with van der Waals surface area (Å²) in [5.74, 6) is -1.04. The van der Waals surface area contributed by atoms with Gasteiger partial charge in [-0.2, -0.15) is 0 Å². The number of rotatable bonds is 4. The highest BCUT2D eigenvalue weighted by molar-refractivity contribution is 7.07. The highest BCUT2D eigenvalue weighted by atomic mass is 32.1. The zero-order valence-corrected chi connectivity index (χ0v) is 10.4. The number of carbonyl (C=O) groups excluding carboxylic acids is 1. The fourth-order valence-electron chi connectivity index (χ4n) is 1.83. The van der Waals surface area contributed by atoms with Gasteiger partial charge in [0.2, 0.25) is 0 Å². The van der Waals surface area contributed by atoms with Crippen molar-refractivity contribution in [2.24, 2.45) is 0 Å². The second kappa shape index (κ2) is 5.87. The molecule has 1 aromatic rings. The van der Waals surface area contributed by atoms with E-state index in [9.17, 15) is 9.59 Å². The minimum absolute atomic E-state index is 0.0679. The van der Waals surface area contributed by atoms with Gasteiger partial charge in [0.15, 0.2) is 0 Å². The molecule has 0 spiro atoms. The fraction of sp³-hybridized carbons (Fsp3) is 0.600. The van der Waals surface area contributed by atoms with E-state index in [4.69, 9.17) is 9.84 Å². The van der Waals surface area contributed by atoms with E-state index < -0.39 is 5.97 Å². The van der Waals surface area contributed by atoms with Crippen LogP contribution in [-0.2, 0) is 9.53 Å². The molecule has 1 amide bonds. The highest BCUT2D eigenvalue weighted by Gasteiger charge is 2.25. The Morgan fingerprint density at radius 3 is 2.78 bits per heavy atom. The summed E-state index contributed by atoms with van der Waals surface area (Å²) in [6, 6.07) is 0. The van der Waals surface area contributed by atoms with Gasteiger partial charge in [0.25, 0.3) is 5.91 Å². The quantitative estimate of drug-likeness (QED) is 0.843. The normalized spacial score (nSPS) is 16.8. The standard InChI is InChI=1S/C10H13N3O4S/c14-9(15)6-17-7-1-3-13(4-2-7)10(16)8-5-11-12-18-8/h5,7H,1-4,6H2,(H,14,15). The van der Waals surface area contributed by atoms with Crippen molar-refractivity contribution in [1.29, 1.82) is 0 Å². The van der Waals surface area contributed by atoms with Crippen LogP contribution in [0.25, 0.3) is 0 Å². The summed E-state index contributed by atoms with van der Waals surface area (Å²) >= 11 is 1.08. The predicted molar refractivity (Wildman–Crippen MR) is 62.4 cm³/mol. The van der Waals surface area contributed by atoms with Crippen LogP contribution in [0, 0.1) is 0 Å². The molecule has 0 unspecified atom stereocenters. The predicted octanol–water partition coefficient (Wildman–Crippen LogP) is 0.244. The maximum Gasteiger partial charge on any atom is 0.329 e. The lowest BCUT2D eigenvalue weighted by Crippen LogP contribution is -2.41. The lowest BCUT2D eigenvalue weighted by Gasteiger charge is -2.31. The number of carbonyl (C=O) groups is 2. The number of likely N-dealkylation sites (tertiary alicyclic amines) is 1. The third-order valence-corrected chi connectivity index (χ3v) is 3.40. The molecule has 1 saturated heterocycles. The number of ether oxygens (including phenoxy) is 1. The van der Waals surface area contributed by atoms with Crippen LogP contribution in [0.2, 0.25) is 0 Å². The molecule has 0 atom stereocenters. The molecule has 0 bridgehead atoms. The van der Waals surface area contributed by atoms with Crippen LogP contribution >= 0.6 is 11.5 Å². The van der Waals surface area contributed by atoms with Gasteiger partial charge in [-0.25, -0.2) is 4.79 Å². The molecule has 1 aromatic heterocycles. The Kier molecular flexibility index (Phi) is 4.21. The lowest BCUT2D eigenvalue weighted by molar-refractivity contribution is -0.145. The molecule has 0 aromatic carbocycles. The number of aromatic nitrogens is 2. The molecule has 0 aliphatic carbocycles. The number of nitrogens with zero attached hydrogens (tertiary/aromatic N) is 3. The zero-order valence-electron chi connectivity index (χ0n) is 9.61. The van der Waals surface area contributed by atoms with E-state index >= 15 is 0 Å². The first-order chi connectivity index (χ1) is 8.66. The summed E-state index contributed by atoms with van der Waals surface area (Å²) < 4.78 is 8.86. The van der Waals surface area contributed by atoms with Crippen LogP contribution in [-0.4, -0.2) is 57.3 Å². The van der Waals surface area contributed by atoms with Gasteiger partial charge in [0.1, 0.15) is 11.5 Å². The molecular formula is C10H13N3O4S. The molecule has 8 heteroatoms. The summed E-state index contributed by atoms with van der Waals surface area (Å²) in [5, 5.41) is 12.1. The minimum atomic E-state index is -0.968. The van der Waals surface area contributed by atoms with Gasteiger partial charge in [-0.05, 0) is 24.4 Å². The van der Waals surface area contributed by atoms with Crippen molar-refractivity contribution in [2.75, 3.05) is 19.7 Å². The first kappa shape index (κ1) is 12.9. The zero-order chi connectivity index (χ0) is 13.0. The van der Waals surface area contributed by atoms with E-state index in [1.807, 2.05) is 0 Å². The summed E-state index contributed by atoms with van der Waals surface area (Å²) in [6.07, 6.45) is 2.70. The molecule has 7 nitrogen and oxygen atoms in total. The van der Waals surface area contributed by atoms with E-state index in [0.29, 0.717) is 30.8 Å². The van der Waals surface area contributed by atoms with Crippen molar-refractivity contribution in [3.8, 4) is 0 Å². The molecule has 98 valence electrons. The van der Waals surface area contributed by atoms with E-state index in [-0.39, 0.29) is 18.6 Å². The minimum Gasteiger partial charge on any atom is -0.480 e. The topological polar surface area (TPSA) is 92.6 Å². The summed E-state index contributed by atoms with van der Waals surface area (Å²) in [4.78, 5) is 24.6. The molecule has 1 fully saturated rings. The van der Waals surface area contributed by atoms with Crippen molar-refractivity contribution in [3.63, 3.8) is 0 Å². The average Bonchev–Trinajstić information content (AvgIpc) is 2.90. The Hall–Kier alpha value is -1.54. The van der Waals surface area contributed by atoms with Gasteiger partial charge >= 0.3 is 5.97 Å². The van der Waals surface area contributed by atoms with Gasteiger partial charge in [-0.15, -0.1) is 5.10 Å². The SMILES string of the molecule is O=C(O)COC1CCN(C(=O)c2cnns2)CC1. The molecule has 2 heterocycles. The monoisotopic (exact) mass is 271 g/mol. The number of aliphatic carboxylic acids is 1. The first-order valence-corrected chi connectivity index (χ1v) is 6.34. The Labute approximate surface area is 108 Å².